The van der Waals surface area contributed by atoms with E-state index in [9.17, 15) is 4.79 Å². The maximum atomic E-state index is 13.6. The van der Waals surface area contributed by atoms with Gasteiger partial charge in [-0.05, 0) is 61.6 Å². The molecular weight excluding hydrogens is 382 g/mol. The number of ether oxygens (including phenoxy) is 1. The Morgan fingerprint density at radius 1 is 0.903 bits per heavy atom. The van der Waals surface area contributed by atoms with E-state index in [1.165, 1.54) is 12.0 Å². The Morgan fingerprint density at radius 3 is 2.39 bits per heavy atom. The number of anilines is 1. The van der Waals surface area contributed by atoms with Gasteiger partial charge in [-0.25, -0.2) is 0 Å². The van der Waals surface area contributed by atoms with Crippen LogP contribution in [0.15, 0.2) is 72.8 Å². The van der Waals surface area contributed by atoms with Crippen molar-refractivity contribution in [3.63, 3.8) is 0 Å². The quantitative estimate of drug-likeness (QED) is 0.487. The van der Waals surface area contributed by atoms with Crippen molar-refractivity contribution in [1.29, 1.82) is 0 Å². The molecule has 160 valence electrons. The lowest BCUT2D eigenvalue weighted by molar-refractivity contribution is -0.122. The van der Waals surface area contributed by atoms with Gasteiger partial charge in [0.2, 0.25) is 5.91 Å². The predicted molar refractivity (Wildman–Crippen MR) is 127 cm³/mol. The number of benzene rings is 3. The normalized spacial score (nSPS) is 15.3. The first kappa shape index (κ1) is 21.2. The minimum atomic E-state index is -0.444. The molecule has 1 saturated carbocycles. The molecule has 3 heteroatoms. The summed E-state index contributed by atoms with van der Waals surface area (Å²) >= 11 is 0. The van der Waals surface area contributed by atoms with E-state index in [1.54, 1.807) is 0 Å². The number of nitrogens with one attached hydrogen (secondary N) is 1. The van der Waals surface area contributed by atoms with Crippen LogP contribution in [0, 0.1) is 13.8 Å². The summed E-state index contributed by atoms with van der Waals surface area (Å²) in [7, 11) is 0. The Morgan fingerprint density at radius 2 is 1.68 bits per heavy atom. The number of aryl methyl sites for hydroxylation is 2. The molecule has 1 amide bonds. The zero-order valence-corrected chi connectivity index (χ0v) is 18.5. The molecule has 0 saturated heterocycles. The smallest absolute Gasteiger partial charge is 0.235 e. The fraction of sp³-hybridized carbons (Fsp3) is 0.321. The molecule has 31 heavy (non-hydrogen) atoms. The number of rotatable bonds is 6. The topological polar surface area (TPSA) is 38.3 Å². The van der Waals surface area contributed by atoms with E-state index in [4.69, 9.17) is 4.74 Å². The van der Waals surface area contributed by atoms with Crippen molar-refractivity contribution < 1.29 is 9.53 Å². The second-order valence-corrected chi connectivity index (χ2v) is 8.72. The first-order valence-corrected chi connectivity index (χ1v) is 11.2. The lowest BCUT2D eigenvalue weighted by Crippen LogP contribution is -2.42. The van der Waals surface area contributed by atoms with Crippen LogP contribution < -0.4 is 10.1 Å². The van der Waals surface area contributed by atoms with Gasteiger partial charge in [-0.15, -0.1) is 0 Å². The van der Waals surface area contributed by atoms with Crippen molar-refractivity contribution in [1.82, 2.24) is 0 Å². The molecule has 1 aliphatic rings. The molecule has 0 atom stereocenters. The maximum absolute atomic E-state index is 13.6. The van der Waals surface area contributed by atoms with Crippen LogP contribution in [-0.4, -0.2) is 5.91 Å². The van der Waals surface area contributed by atoms with E-state index in [0.717, 1.165) is 53.8 Å². The molecule has 0 unspecified atom stereocenters. The molecule has 3 aromatic carbocycles. The van der Waals surface area contributed by atoms with Crippen LogP contribution in [0.2, 0.25) is 0 Å². The summed E-state index contributed by atoms with van der Waals surface area (Å²) in [6.07, 6.45) is 5.19. The molecule has 4 rings (SSSR count). The van der Waals surface area contributed by atoms with Gasteiger partial charge in [-0.1, -0.05) is 79.4 Å². The predicted octanol–water partition coefficient (Wildman–Crippen LogP) is 6.72. The molecule has 0 radical (unpaired) electrons. The van der Waals surface area contributed by atoms with Crippen LogP contribution in [0.4, 0.5) is 5.69 Å². The highest BCUT2D eigenvalue weighted by Gasteiger charge is 2.41. The monoisotopic (exact) mass is 413 g/mol. The third-order valence-corrected chi connectivity index (χ3v) is 6.38. The summed E-state index contributed by atoms with van der Waals surface area (Å²) in [4.78, 5) is 13.6. The first-order chi connectivity index (χ1) is 15.1. The summed E-state index contributed by atoms with van der Waals surface area (Å²) < 4.78 is 5.99. The van der Waals surface area contributed by atoms with Crippen molar-refractivity contribution in [2.45, 2.75) is 58.0 Å². The summed E-state index contributed by atoms with van der Waals surface area (Å²) in [5.74, 6) is 0.947. The molecular formula is C28H31NO2. The van der Waals surface area contributed by atoms with Crippen LogP contribution >= 0.6 is 0 Å². The van der Waals surface area contributed by atoms with Gasteiger partial charge in [-0.3, -0.25) is 4.79 Å². The molecule has 3 nitrogen and oxygen atoms in total. The number of carbonyl (C=O) groups excluding carboxylic acids is 1. The number of carbonyl (C=O) groups is 1. The van der Waals surface area contributed by atoms with Crippen LogP contribution in [0.25, 0.3) is 0 Å². The van der Waals surface area contributed by atoms with E-state index in [2.05, 4.69) is 48.6 Å². The van der Waals surface area contributed by atoms with Crippen molar-refractivity contribution >= 4 is 11.6 Å². The largest absolute Gasteiger partial charge is 0.489 e. The summed E-state index contributed by atoms with van der Waals surface area (Å²) in [6.45, 7) is 4.65. The molecule has 3 aromatic rings. The van der Waals surface area contributed by atoms with Gasteiger partial charge < -0.3 is 10.1 Å². The third kappa shape index (κ3) is 4.82. The Labute approximate surface area is 185 Å². The van der Waals surface area contributed by atoms with Gasteiger partial charge in [0, 0.05) is 5.69 Å². The van der Waals surface area contributed by atoms with Gasteiger partial charge in [-0.2, -0.15) is 0 Å². The van der Waals surface area contributed by atoms with Gasteiger partial charge in [0.05, 0.1) is 5.41 Å². The minimum Gasteiger partial charge on any atom is -0.489 e. The average molecular weight is 414 g/mol. The van der Waals surface area contributed by atoms with E-state index in [-0.39, 0.29) is 5.91 Å². The molecule has 1 fully saturated rings. The molecule has 0 spiro atoms. The van der Waals surface area contributed by atoms with Crippen LogP contribution in [-0.2, 0) is 16.8 Å². The van der Waals surface area contributed by atoms with Crippen LogP contribution in [0.3, 0.4) is 0 Å². The van der Waals surface area contributed by atoms with E-state index >= 15 is 0 Å². The fourth-order valence-electron chi connectivity index (χ4n) is 4.62. The second kappa shape index (κ2) is 9.38. The molecule has 0 heterocycles. The highest BCUT2D eigenvalue weighted by molar-refractivity contribution is 5.99. The lowest BCUT2D eigenvalue weighted by atomic mass is 9.68. The van der Waals surface area contributed by atoms with Gasteiger partial charge in [0.1, 0.15) is 12.4 Å². The number of hydrogen-bond donors (Lipinski definition) is 1. The summed E-state index contributed by atoms with van der Waals surface area (Å²) in [5, 5.41) is 3.22. The number of hydrogen-bond acceptors (Lipinski definition) is 2. The zero-order chi connectivity index (χ0) is 21.7. The van der Waals surface area contributed by atoms with Crippen molar-refractivity contribution in [3.05, 3.63) is 95.1 Å². The average Bonchev–Trinajstić information content (AvgIpc) is 2.79. The Hall–Kier alpha value is -3.07. The lowest BCUT2D eigenvalue weighted by Gasteiger charge is -2.36. The second-order valence-electron chi connectivity index (χ2n) is 8.72. The molecule has 0 aliphatic heterocycles. The van der Waals surface area contributed by atoms with Crippen LogP contribution in [0.5, 0.6) is 5.75 Å². The summed E-state index contributed by atoms with van der Waals surface area (Å²) in [6, 6.07) is 24.5. The van der Waals surface area contributed by atoms with Gasteiger partial charge >= 0.3 is 0 Å². The molecule has 0 aromatic heterocycles. The van der Waals surface area contributed by atoms with E-state index < -0.39 is 5.41 Å². The van der Waals surface area contributed by atoms with E-state index in [0.29, 0.717) is 6.61 Å². The highest BCUT2D eigenvalue weighted by atomic mass is 16.5. The first-order valence-electron chi connectivity index (χ1n) is 11.2. The summed E-state index contributed by atoms with van der Waals surface area (Å²) in [5.41, 5.74) is 4.88. The third-order valence-electron chi connectivity index (χ3n) is 6.38. The fourth-order valence-corrected chi connectivity index (χ4v) is 4.62. The van der Waals surface area contributed by atoms with Gasteiger partial charge in [0.25, 0.3) is 0 Å². The molecule has 1 aliphatic carbocycles. The standard InChI is InChI=1S/C28H31NO2/c1-21-10-9-13-24(18-21)28(16-7-4-8-17-28)27(30)29-25-14-15-26(22(2)19-25)31-20-23-11-5-3-6-12-23/h3,5-6,9-15,18-19H,4,7-8,16-17,20H2,1-2H3,(H,29,30). The molecule has 1 N–H and O–H groups in total. The Bertz CT molecular complexity index is 1040. The molecule has 0 bridgehead atoms. The minimum absolute atomic E-state index is 0.107. The van der Waals surface area contributed by atoms with Crippen molar-refractivity contribution in [2.24, 2.45) is 0 Å². The Kier molecular flexibility index (Phi) is 6.41. The van der Waals surface area contributed by atoms with Gasteiger partial charge in [0.15, 0.2) is 0 Å². The van der Waals surface area contributed by atoms with Crippen molar-refractivity contribution in [3.8, 4) is 5.75 Å². The SMILES string of the molecule is Cc1cccc(C2(C(=O)Nc3ccc(OCc4ccccc4)c(C)c3)CCCCC2)c1. The van der Waals surface area contributed by atoms with Crippen LogP contribution in [0.1, 0.15) is 54.4 Å². The van der Waals surface area contributed by atoms with Crippen molar-refractivity contribution in [2.75, 3.05) is 5.32 Å². The zero-order valence-electron chi connectivity index (χ0n) is 18.5. The Balaban J connectivity index is 1.50. The highest BCUT2D eigenvalue weighted by Crippen LogP contribution is 2.41. The van der Waals surface area contributed by atoms with E-state index in [1.807, 2.05) is 43.3 Å². The maximum Gasteiger partial charge on any atom is 0.235 e. The number of amides is 1.